The van der Waals surface area contributed by atoms with E-state index in [9.17, 15) is 0 Å². The highest BCUT2D eigenvalue weighted by Gasteiger charge is 2.25. The van der Waals surface area contributed by atoms with Gasteiger partial charge < -0.3 is 10.2 Å². The third kappa shape index (κ3) is 4.59. The molecular weight excluding hydrogens is 208 g/mol. The van der Waals surface area contributed by atoms with Crippen molar-refractivity contribution in [2.75, 3.05) is 19.6 Å². The quantitative estimate of drug-likeness (QED) is 0.735. The van der Waals surface area contributed by atoms with E-state index < -0.39 is 0 Å². The van der Waals surface area contributed by atoms with Crippen molar-refractivity contribution in [2.24, 2.45) is 5.92 Å². The molecule has 0 bridgehead atoms. The normalized spacial score (nSPS) is 21.0. The van der Waals surface area contributed by atoms with Crippen LogP contribution < -0.4 is 5.32 Å². The zero-order valence-electron chi connectivity index (χ0n) is 12.3. The van der Waals surface area contributed by atoms with E-state index in [0.717, 1.165) is 18.0 Å². The molecule has 0 saturated carbocycles. The molecule has 2 heteroatoms. The molecule has 0 aromatic heterocycles. The molecule has 1 rings (SSSR count). The van der Waals surface area contributed by atoms with Gasteiger partial charge in [0.05, 0.1) is 0 Å². The van der Waals surface area contributed by atoms with Gasteiger partial charge in [0.2, 0.25) is 0 Å². The highest BCUT2D eigenvalue weighted by Crippen LogP contribution is 2.22. The minimum Gasteiger partial charge on any atom is -0.314 e. The molecule has 1 aliphatic rings. The van der Waals surface area contributed by atoms with Crippen LogP contribution in [0, 0.1) is 5.92 Å². The fourth-order valence-electron chi connectivity index (χ4n) is 3.13. The third-order valence-corrected chi connectivity index (χ3v) is 4.52. The molecule has 2 nitrogen and oxygen atoms in total. The Kier molecular flexibility index (Phi) is 7.14. The van der Waals surface area contributed by atoms with E-state index in [-0.39, 0.29) is 0 Å². The van der Waals surface area contributed by atoms with Gasteiger partial charge in [-0.15, -0.1) is 0 Å². The molecule has 1 N–H and O–H groups in total. The molecule has 1 fully saturated rings. The Morgan fingerprint density at radius 2 is 1.71 bits per heavy atom. The lowest BCUT2D eigenvalue weighted by Gasteiger charge is -2.39. The minimum absolute atomic E-state index is 0.775. The minimum atomic E-state index is 0.775. The molecule has 0 aromatic carbocycles. The van der Waals surface area contributed by atoms with E-state index in [1.807, 2.05) is 0 Å². The Bertz CT molecular complexity index is 181. The second kappa shape index (κ2) is 8.10. The standard InChI is InChI=1S/C15H32N2/c1-5-10-16-15-8-11-17(12-9-15)13(4)14(6-2)7-3/h13-16H,5-12H2,1-4H3. The molecule has 17 heavy (non-hydrogen) atoms. The van der Waals surface area contributed by atoms with Crippen molar-refractivity contribution in [2.45, 2.75) is 71.9 Å². The van der Waals surface area contributed by atoms with Gasteiger partial charge in [0.25, 0.3) is 0 Å². The largest absolute Gasteiger partial charge is 0.314 e. The van der Waals surface area contributed by atoms with Crippen LogP contribution in [0.1, 0.15) is 59.8 Å². The van der Waals surface area contributed by atoms with Crippen molar-refractivity contribution < 1.29 is 0 Å². The number of piperidine rings is 1. The Balaban J connectivity index is 2.30. The second-order valence-electron chi connectivity index (χ2n) is 5.58. The van der Waals surface area contributed by atoms with Gasteiger partial charge in [0, 0.05) is 12.1 Å². The number of nitrogens with one attached hydrogen (secondary N) is 1. The van der Waals surface area contributed by atoms with E-state index in [1.165, 1.54) is 51.7 Å². The van der Waals surface area contributed by atoms with E-state index >= 15 is 0 Å². The summed E-state index contributed by atoms with van der Waals surface area (Å²) in [4.78, 5) is 2.71. The van der Waals surface area contributed by atoms with Gasteiger partial charge >= 0.3 is 0 Å². The number of rotatable bonds is 7. The molecule has 0 radical (unpaired) electrons. The molecule has 0 spiro atoms. The smallest absolute Gasteiger partial charge is 0.00950 e. The van der Waals surface area contributed by atoms with E-state index in [2.05, 4.69) is 37.9 Å². The third-order valence-electron chi connectivity index (χ3n) is 4.52. The first-order valence-electron chi connectivity index (χ1n) is 7.70. The van der Waals surface area contributed by atoms with Gasteiger partial charge in [-0.2, -0.15) is 0 Å². The zero-order chi connectivity index (χ0) is 12.7. The molecule has 1 aliphatic heterocycles. The van der Waals surface area contributed by atoms with E-state index in [4.69, 9.17) is 0 Å². The summed E-state index contributed by atoms with van der Waals surface area (Å²) < 4.78 is 0. The summed E-state index contributed by atoms with van der Waals surface area (Å²) in [5.41, 5.74) is 0. The Hall–Kier alpha value is -0.0800. The maximum Gasteiger partial charge on any atom is 0.00950 e. The molecule has 0 aromatic rings. The predicted molar refractivity (Wildman–Crippen MR) is 76.4 cm³/mol. The van der Waals surface area contributed by atoms with Crippen LogP contribution in [0.5, 0.6) is 0 Å². The number of nitrogens with zero attached hydrogens (tertiary/aromatic N) is 1. The number of likely N-dealkylation sites (tertiary alicyclic amines) is 1. The SMILES string of the molecule is CCCNC1CCN(C(C)C(CC)CC)CC1. The molecule has 0 aliphatic carbocycles. The maximum absolute atomic E-state index is 3.66. The summed E-state index contributed by atoms with van der Waals surface area (Å²) in [7, 11) is 0. The molecular formula is C15H32N2. The van der Waals surface area contributed by atoms with Crippen LogP contribution in [0.15, 0.2) is 0 Å². The summed E-state index contributed by atoms with van der Waals surface area (Å²) in [5.74, 6) is 0.884. The van der Waals surface area contributed by atoms with Crippen LogP contribution in [0.25, 0.3) is 0 Å². The second-order valence-corrected chi connectivity index (χ2v) is 5.58. The highest BCUT2D eigenvalue weighted by molar-refractivity contribution is 4.82. The van der Waals surface area contributed by atoms with Crippen LogP contribution in [0.3, 0.4) is 0 Å². The molecule has 1 heterocycles. The lowest BCUT2D eigenvalue weighted by molar-refractivity contribution is 0.110. The van der Waals surface area contributed by atoms with Gasteiger partial charge in [-0.25, -0.2) is 0 Å². The van der Waals surface area contributed by atoms with Crippen molar-refractivity contribution in [1.29, 1.82) is 0 Å². The van der Waals surface area contributed by atoms with Gasteiger partial charge in [-0.05, 0) is 51.7 Å². The summed E-state index contributed by atoms with van der Waals surface area (Å²) in [6.45, 7) is 13.1. The number of hydrogen-bond donors (Lipinski definition) is 1. The first kappa shape index (κ1) is 15.0. The molecule has 1 saturated heterocycles. The van der Waals surface area contributed by atoms with Gasteiger partial charge in [-0.3, -0.25) is 0 Å². The Morgan fingerprint density at radius 3 is 2.18 bits per heavy atom. The van der Waals surface area contributed by atoms with Crippen LogP contribution in [0.2, 0.25) is 0 Å². The molecule has 1 atom stereocenters. The summed E-state index contributed by atoms with van der Waals surface area (Å²) in [6.07, 6.45) is 6.58. The first-order chi connectivity index (χ1) is 8.22. The van der Waals surface area contributed by atoms with E-state index in [0.29, 0.717) is 0 Å². The average molecular weight is 240 g/mol. The fraction of sp³-hybridized carbons (Fsp3) is 1.00. The zero-order valence-corrected chi connectivity index (χ0v) is 12.3. The lowest BCUT2D eigenvalue weighted by atomic mass is 9.92. The molecule has 1 unspecified atom stereocenters. The highest BCUT2D eigenvalue weighted by atomic mass is 15.2. The van der Waals surface area contributed by atoms with Crippen LogP contribution in [-0.4, -0.2) is 36.6 Å². The summed E-state index contributed by atoms with van der Waals surface area (Å²) in [6, 6.07) is 1.55. The van der Waals surface area contributed by atoms with Crippen molar-refractivity contribution >= 4 is 0 Å². The van der Waals surface area contributed by atoms with Crippen molar-refractivity contribution in [3.05, 3.63) is 0 Å². The van der Waals surface area contributed by atoms with Gasteiger partial charge in [0.15, 0.2) is 0 Å². The average Bonchev–Trinajstić information content (AvgIpc) is 2.38. The Morgan fingerprint density at radius 1 is 1.12 bits per heavy atom. The van der Waals surface area contributed by atoms with Crippen molar-refractivity contribution in [1.82, 2.24) is 10.2 Å². The van der Waals surface area contributed by atoms with Crippen molar-refractivity contribution in [3.8, 4) is 0 Å². The van der Waals surface area contributed by atoms with Gasteiger partial charge in [-0.1, -0.05) is 33.6 Å². The molecule has 0 amide bonds. The summed E-state index contributed by atoms with van der Waals surface area (Å²) in [5, 5.41) is 3.66. The monoisotopic (exact) mass is 240 g/mol. The van der Waals surface area contributed by atoms with Gasteiger partial charge in [0.1, 0.15) is 0 Å². The van der Waals surface area contributed by atoms with Crippen LogP contribution in [-0.2, 0) is 0 Å². The molecule has 102 valence electrons. The van der Waals surface area contributed by atoms with E-state index in [1.54, 1.807) is 0 Å². The number of hydrogen-bond acceptors (Lipinski definition) is 2. The fourth-order valence-corrected chi connectivity index (χ4v) is 3.13. The van der Waals surface area contributed by atoms with Crippen molar-refractivity contribution in [3.63, 3.8) is 0 Å². The first-order valence-corrected chi connectivity index (χ1v) is 7.70. The Labute approximate surface area is 108 Å². The predicted octanol–water partition coefficient (Wildman–Crippen LogP) is 3.28. The topological polar surface area (TPSA) is 15.3 Å². The lowest BCUT2D eigenvalue weighted by Crippen LogP contribution is -2.48. The van der Waals surface area contributed by atoms with Crippen LogP contribution in [0.4, 0.5) is 0 Å². The van der Waals surface area contributed by atoms with Crippen LogP contribution >= 0.6 is 0 Å². The summed E-state index contributed by atoms with van der Waals surface area (Å²) >= 11 is 0. The maximum atomic E-state index is 3.66.